The number of rotatable bonds is 6. The van der Waals surface area contributed by atoms with Crippen molar-refractivity contribution in [3.05, 3.63) is 66.0 Å². The van der Waals surface area contributed by atoms with E-state index >= 15 is 0 Å². The third-order valence-corrected chi connectivity index (χ3v) is 4.32. The molecule has 152 valence electrons. The average Bonchev–Trinajstić information content (AvgIpc) is 3.05. The minimum absolute atomic E-state index is 0.0971. The molecule has 0 bridgehead atoms. The number of imidazole rings is 1. The molecule has 0 saturated heterocycles. The molecule has 0 aliphatic carbocycles. The Hall–Kier alpha value is -3.15. The number of hydrogen-bond donors (Lipinski definition) is 0. The summed E-state index contributed by atoms with van der Waals surface area (Å²) in [5, 5.41) is 0. The highest BCUT2D eigenvalue weighted by molar-refractivity contribution is 5.93. The van der Waals surface area contributed by atoms with Crippen molar-refractivity contribution in [2.45, 2.75) is 45.8 Å². The van der Waals surface area contributed by atoms with E-state index in [-0.39, 0.29) is 12.4 Å². The lowest BCUT2D eigenvalue weighted by atomic mass is 10.0. The highest BCUT2D eigenvalue weighted by atomic mass is 16.6. The summed E-state index contributed by atoms with van der Waals surface area (Å²) in [4.78, 5) is 30.3. The molecule has 0 radical (unpaired) electrons. The molecule has 1 heterocycles. The fourth-order valence-electron chi connectivity index (χ4n) is 3.19. The van der Waals surface area contributed by atoms with Crippen molar-refractivity contribution in [1.29, 1.82) is 0 Å². The largest absolute Gasteiger partial charge is 0.460 e. The molecule has 0 aliphatic rings. The van der Waals surface area contributed by atoms with E-state index in [2.05, 4.69) is 4.98 Å². The van der Waals surface area contributed by atoms with E-state index in [1.165, 1.54) is 0 Å². The highest BCUT2D eigenvalue weighted by Gasteiger charge is 2.32. The van der Waals surface area contributed by atoms with Gasteiger partial charge in [-0.25, -0.2) is 14.6 Å². The van der Waals surface area contributed by atoms with Crippen LogP contribution in [-0.4, -0.2) is 33.7 Å². The summed E-state index contributed by atoms with van der Waals surface area (Å²) in [7, 11) is 0. The molecule has 0 amide bonds. The first-order valence-electron chi connectivity index (χ1n) is 9.71. The lowest BCUT2D eigenvalue weighted by Crippen LogP contribution is -2.33. The van der Waals surface area contributed by atoms with Gasteiger partial charge in [0, 0.05) is 6.42 Å². The summed E-state index contributed by atoms with van der Waals surface area (Å²) in [6.07, 6.45) is 0.364. The zero-order valence-corrected chi connectivity index (χ0v) is 17.2. The molecule has 0 fully saturated rings. The maximum atomic E-state index is 13.2. The van der Waals surface area contributed by atoms with Crippen LogP contribution in [0.1, 0.15) is 49.9 Å². The molecule has 29 heavy (non-hydrogen) atoms. The topological polar surface area (TPSA) is 70.4 Å². The molecule has 6 nitrogen and oxygen atoms in total. The molecule has 1 atom stereocenters. The van der Waals surface area contributed by atoms with Gasteiger partial charge in [0.05, 0.1) is 17.6 Å². The van der Waals surface area contributed by atoms with Gasteiger partial charge in [-0.05, 0) is 45.4 Å². The SMILES string of the molecule is CCOC(=O)c1nc2ccccc2n1[C@@H](Cc1ccccc1)C(=O)OC(C)(C)C. The van der Waals surface area contributed by atoms with E-state index in [1.807, 2.05) is 75.4 Å². The predicted molar refractivity (Wildman–Crippen MR) is 111 cm³/mol. The van der Waals surface area contributed by atoms with Crippen molar-refractivity contribution in [3.8, 4) is 0 Å². The van der Waals surface area contributed by atoms with Gasteiger partial charge in [0.15, 0.2) is 0 Å². The van der Waals surface area contributed by atoms with E-state index in [9.17, 15) is 9.59 Å². The zero-order valence-electron chi connectivity index (χ0n) is 17.2. The zero-order chi connectivity index (χ0) is 21.0. The van der Waals surface area contributed by atoms with Gasteiger partial charge in [0.25, 0.3) is 0 Å². The predicted octanol–water partition coefficient (Wildman–Crippen LogP) is 4.34. The molecule has 0 aliphatic heterocycles. The van der Waals surface area contributed by atoms with Crippen molar-refractivity contribution in [1.82, 2.24) is 9.55 Å². The van der Waals surface area contributed by atoms with Crippen LogP contribution in [0.2, 0.25) is 0 Å². The average molecular weight is 394 g/mol. The molecular weight excluding hydrogens is 368 g/mol. The van der Waals surface area contributed by atoms with E-state index in [4.69, 9.17) is 9.47 Å². The second kappa shape index (κ2) is 8.47. The van der Waals surface area contributed by atoms with Crippen LogP contribution in [0.25, 0.3) is 11.0 Å². The van der Waals surface area contributed by atoms with Gasteiger partial charge >= 0.3 is 11.9 Å². The van der Waals surface area contributed by atoms with Crippen LogP contribution < -0.4 is 0 Å². The van der Waals surface area contributed by atoms with Crippen LogP contribution in [0.3, 0.4) is 0 Å². The first-order valence-corrected chi connectivity index (χ1v) is 9.71. The van der Waals surface area contributed by atoms with Gasteiger partial charge in [-0.3, -0.25) is 0 Å². The van der Waals surface area contributed by atoms with Crippen molar-refractivity contribution < 1.29 is 19.1 Å². The number of esters is 2. The van der Waals surface area contributed by atoms with Gasteiger partial charge in [-0.1, -0.05) is 42.5 Å². The number of carbonyl (C=O) groups is 2. The first-order chi connectivity index (χ1) is 13.8. The Morgan fingerprint density at radius 1 is 1.03 bits per heavy atom. The first kappa shape index (κ1) is 20.6. The number of fused-ring (bicyclic) bond motifs is 1. The Kier molecular flexibility index (Phi) is 6.01. The molecule has 0 N–H and O–H groups in total. The van der Waals surface area contributed by atoms with Crippen molar-refractivity contribution in [2.24, 2.45) is 0 Å². The second-order valence-electron chi connectivity index (χ2n) is 7.75. The fourth-order valence-corrected chi connectivity index (χ4v) is 3.19. The number of para-hydroxylation sites is 2. The summed E-state index contributed by atoms with van der Waals surface area (Å²) in [6.45, 7) is 7.42. The summed E-state index contributed by atoms with van der Waals surface area (Å²) in [6, 6.07) is 16.2. The number of nitrogens with zero attached hydrogens (tertiary/aromatic N) is 2. The van der Waals surface area contributed by atoms with Gasteiger partial charge < -0.3 is 14.0 Å². The third kappa shape index (κ3) is 4.83. The fraction of sp³-hybridized carbons (Fsp3) is 0.348. The number of hydrogen-bond acceptors (Lipinski definition) is 5. The molecule has 6 heteroatoms. The van der Waals surface area contributed by atoms with E-state index in [0.717, 1.165) is 5.56 Å². The van der Waals surface area contributed by atoms with Crippen LogP contribution in [0, 0.1) is 0 Å². The smallest absolute Gasteiger partial charge is 0.374 e. The molecule has 0 spiro atoms. The Bertz CT molecular complexity index is 1000. The summed E-state index contributed by atoms with van der Waals surface area (Å²) in [5.74, 6) is -0.889. The van der Waals surface area contributed by atoms with E-state index in [1.54, 1.807) is 11.5 Å². The van der Waals surface area contributed by atoms with Crippen molar-refractivity contribution in [2.75, 3.05) is 6.61 Å². The lowest BCUT2D eigenvalue weighted by Gasteiger charge is -2.26. The summed E-state index contributed by atoms with van der Waals surface area (Å²) in [5.41, 5.74) is 1.60. The van der Waals surface area contributed by atoms with Crippen LogP contribution in [-0.2, 0) is 20.7 Å². The Morgan fingerprint density at radius 2 is 1.69 bits per heavy atom. The quantitative estimate of drug-likeness (QED) is 0.582. The van der Waals surface area contributed by atoms with Gasteiger partial charge in [-0.2, -0.15) is 0 Å². The van der Waals surface area contributed by atoms with Gasteiger partial charge in [0.1, 0.15) is 11.6 Å². The maximum absolute atomic E-state index is 13.2. The second-order valence-corrected chi connectivity index (χ2v) is 7.75. The van der Waals surface area contributed by atoms with E-state index in [0.29, 0.717) is 17.5 Å². The lowest BCUT2D eigenvalue weighted by molar-refractivity contribution is -0.159. The molecule has 2 aromatic carbocycles. The molecule has 0 unspecified atom stereocenters. The number of ether oxygens (including phenoxy) is 2. The summed E-state index contributed by atoms with van der Waals surface area (Å²) >= 11 is 0. The number of carbonyl (C=O) groups excluding carboxylic acids is 2. The van der Waals surface area contributed by atoms with Gasteiger partial charge in [0.2, 0.25) is 5.82 Å². The molecule has 0 saturated carbocycles. The van der Waals surface area contributed by atoms with Crippen LogP contribution >= 0.6 is 0 Å². The molecule has 3 aromatic rings. The van der Waals surface area contributed by atoms with E-state index < -0.39 is 23.6 Å². The minimum Gasteiger partial charge on any atom is -0.460 e. The molecule has 1 aromatic heterocycles. The minimum atomic E-state index is -0.761. The third-order valence-electron chi connectivity index (χ3n) is 4.32. The Labute approximate surface area is 170 Å². The molecular formula is C23H26N2O4. The standard InChI is InChI=1S/C23H26N2O4/c1-5-28-22(27)20-24-17-13-9-10-14-18(17)25(20)19(21(26)29-23(2,3)4)15-16-11-7-6-8-12-16/h6-14,19H,5,15H2,1-4H3/t19-/m0/s1. The number of aromatic nitrogens is 2. The molecule has 3 rings (SSSR count). The number of benzene rings is 2. The summed E-state index contributed by atoms with van der Waals surface area (Å²) < 4.78 is 12.6. The Morgan fingerprint density at radius 3 is 2.34 bits per heavy atom. The maximum Gasteiger partial charge on any atom is 0.374 e. The Balaban J connectivity index is 2.15. The van der Waals surface area contributed by atoms with Crippen LogP contribution in [0.5, 0.6) is 0 Å². The van der Waals surface area contributed by atoms with Crippen LogP contribution in [0.4, 0.5) is 0 Å². The van der Waals surface area contributed by atoms with Gasteiger partial charge in [-0.15, -0.1) is 0 Å². The van der Waals surface area contributed by atoms with Crippen molar-refractivity contribution >= 4 is 23.0 Å². The monoisotopic (exact) mass is 394 g/mol. The van der Waals surface area contributed by atoms with Crippen LogP contribution in [0.15, 0.2) is 54.6 Å². The highest BCUT2D eigenvalue weighted by Crippen LogP contribution is 2.27. The normalized spacial score (nSPS) is 12.6. The van der Waals surface area contributed by atoms with Crippen molar-refractivity contribution in [3.63, 3.8) is 0 Å².